The Morgan fingerprint density at radius 2 is 2.00 bits per heavy atom. The first kappa shape index (κ1) is 22.2. The average Bonchev–Trinajstić information content (AvgIpc) is 3.15. The van der Waals surface area contributed by atoms with Crippen LogP contribution in [0.15, 0.2) is 23.5 Å². The first-order valence-corrected chi connectivity index (χ1v) is 11.1. The molecule has 0 amide bonds. The van der Waals surface area contributed by atoms with Crippen LogP contribution in [-0.4, -0.2) is 28.8 Å². The predicted octanol–water partition coefficient (Wildman–Crippen LogP) is 4.43. The van der Waals surface area contributed by atoms with Crippen molar-refractivity contribution in [3.05, 3.63) is 45.2 Å². The van der Waals surface area contributed by atoms with Crippen LogP contribution in [-0.2, 0) is 28.1 Å². The molecule has 0 aromatic carbocycles. The molecular weight excluding hydrogens is 433 g/mol. The van der Waals surface area contributed by atoms with Crippen LogP contribution in [0.2, 0.25) is 10.0 Å². The number of fused-ring (bicyclic) bond motifs is 1. The molecular formula is C20H23Cl2N3O3S. The van der Waals surface area contributed by atoms with E-state index in [1.54, 1.807) is 12.4 Å². The van der Waals surface area contributed by atoms with Gasteiger partial charge in [0.25, 0.3) is 0 Å². The molecule has 1 atom stereocenters. The lowest BCUT2D eigenvalue weighted by Gasteiger charge is -2.16. The van der Waals surface area contributed by atoms with Crippen molar-refractivity contribution >= 4 is 40.9 Å². The monoisotopic (exact) mass is 455 g/mol. The molecule has 2 heterocycles. The van der Waals surface area contributed by atoms with E-state index < -0.39 is 12.0 Å². The lowest BCUT2D eigenvalue weighted by Crippen LogP contribution is -2.37. The standard InChI is InChI=1S/C20H23Cl2N3O3S/c1-11(2)18(23)20(26)28-10-27-19-13-5-3-4-12(13)6-17(25-19)29-9-14-15(21)7-24-8-16(14)22/h6-8,11,18H,3-5,9-10,23H2,1-2H3. The van der Waals surface area contributed by atoms with Gasteiger partial charge in [0.2, 0.25) is 12.7 Å². The maximum absolute atomic E-state index is 11.9. The minimum absolute atomic E-state index is 0.00330. The summed E-state index contributed by atoms with van der Waals surface area (Å²) in [6, 6.07) is 1.40. The van der Waals surface area contributed by atoms with Crippen molar-refractivity contribution < 1.29 is 14.3 Å². The third kappa shape index (κ3) is 5.54. The van der Waals surface area contributed by atoms with Crippen LogP contribution in [0, 0.1) is 5.92 Å². The second-order valence-corrected chi connectivity index (χ2v) is 8.93. The summed E-state index contributed by atoms with van der Waals surface area (Å²) < 4.78 is 10.9. The van der Waals surface area contributed by atoms with Crippen LogP contribution in [0.25, 0.3) is 0 Å². The number of nitrogens with zero attached hydrogens (tertiary/aromatic N) is 2. The van der Waals surface area contributed by atoms with Crippen molar-refractivity contribution in [2.45, 2.75) is 49.9 Å². The van der Waals surface area contributed by atoms with Gasteiger partial charge in [-0.25, -0.2) is 4.98 Å². The molecule has 0 spiro atoms. The smallest absolute Gasteiger partial charge is 0.326 e. The molecule has 3 rings (SSSR count). The number of nitrogens with two attached hydrogens (primary N) is 1. The number of carbonyl (C=O) groups excluding carboxylic acids is 1. The summed E-state index contributed by atoms with van der Waals surface area (Å²) in [5, 5.41) is 1.85. The molecule has 9 heteroatoms. The van der Waals surface area contributed by atoms with Crippen LogP contribution in [0.4, 0.5) is 0 Å². The number of hydrogen-bond acceptors (Lipinski definition) is 7. The highest BCUT2D eigenvalue weighted by Gasteiger charge is 2.22. The second-order valence-electron chi connectivity index (χ2n) is 7.12. The molecule has 1 aliphatic rings. The fraction of sp³-hybridized carbons (Fsp3) is 0.450. The van der Waals surface area contributed by atoms with Crippen LogP contribution in [0.1, 0.15) is 37.0 Å². The highest BCUT2D eigenvalue weighted by atomic mass is 35.5. The summed E-state index contributed by atoms with van der Waals surface area (Å²) in [7, 11) is 0. The molecule has 1 aliphatic carbocycles. The zero-order valence-corrected chi connectivity index (χ0v) is 18.6. The van der Waals surface area contributed by atoms with Gasteiger partial charge in [-0.15, -0.1) is 11.8 Å². The molecule has 29 heavy (non-hydrogen) atoms. The topological polar surface area (TPSA) is 87.3 Å². The van der Waals surface area contributed by atoms with E-state index in [1.165, 1.54) is 17.3 Å². The van der Waals surface area contributed by atoms with Gasteiger partial charge >= 0.3 is 5.97 Å². The van der Waals surface area contributed by atoms with Crippen LogP contribution < -0.4 is 10.5 Å². The molecule has 0 saturated heterocycles. The molecule has 0 fully saturated rings. The largest absolute Gasteiger partial charge is 0.440 e. The van der Waals surface area contributed by atoms with Gasteiger partial charge in [0, 0.05) is 29.3 Å². The number of aryl methyl sites for hydroxylation is 1. The normalized spacial score (nSPS) is 14.0. The minimum atomic E-state index is -0.672. The third-order valence-corrected chi connectivity index (χ3v) is 6.32. The van der Waals surface area contributed by atoms with Crippen LogP contribution in [0.5, 0.6) is 5.88 Å². The first-order chi connectivity index (χ1) is 13.9. The lowest BCUT2D eigenvalue weighted by molar-refractivity contribution is -0.153. The summed E-state index contributed by atoms with van der Waals surface area (Å²) in [6.07, 6.45) is 6.05. The van der Waals surface area contributed by atoms with Crippen molar-refractivity contribution in [3.63, 3.8) is 0 Å². The van der Waals surface area contributed by atoms with E-state index >= 15 is 0 Å². The Balaban J connectivity index is 1.68. The Morgan fingerprint density at radius 1 is 1.28 bits per heavy atom. The minimum Gasteiger partial charge on any atom is -0.440 e. The van der Waals surface area contributed by atoms with Crippen molar-refractivity contribution in [2.75, 3.05) is 6.79 Å². The Kier molecular flexibility index (Phi) is 7.62. The summed E-state index contributed by atoms with van der Waals surface area (Å²) in [6.45, 7) is 3.52. The highest BCUT2D eigenvalue weighted by molar-refractivity contribution is 7.98. The molecule has 0 aliphatic heterocycles. The molecule has 0 radical (unpaired) electrons. The van der Waals surface area contributed by atoms with Crippen molar-refractivity contribution in [1.29, 1.82) is 0 Å². The quantitative estimate of drug-likeness (QED) is 0.357. The van der Waals surface area contributed by atoms with Gasteiger partial charge in [0.05, 0.1) is 10.0 Å². The van der Waals surface area contributed by atoms with E-state index in [4.69, 9.17) is 38.4 Å². The lowest BCUT2D eigenvalue weighted by atomic mass is 10.1. The van der Waals surface area contributed by atoms with Gasteiger partial charge in [-0.1, -0.05) is 37.0 Å². The van der Waals surface area contributed by atoms with Crippen molar-refractivity contribution in [1.82, 2.24) is 9.97 Å². The summed E-state index contributed by atoms with van der Waals surface area (Å²) >= 11 is 13.9. The van der Waals surface area contributed by atoms with E-state index in [2.05, 4.69) is 16.0 Å². The van der Waals surface area contributed by atoms with Crippen LogP contribution in [0.3, 0.4) is 0 Å². The van der Waals surface area contributed by atoms with E-state index in [0.29, 0.717) is 21.7 Å². The SMILES string of the molecule is CC(C)C(N)C(=O)OCOc1nc(SCc2c(Cl)cncc2Cl)cc2c1CCC2. The van der Waals surface area contributed by atoms with Gasteiger partial charge in [-0.3, -0.25) is 9.78 Å². The Labute approximate surface area is 184 Å². The van der Waals surface area contributed by atoms with Crippen molar-refractivity contribution in [2.24, 2.45) is 11.7 Å². The number of esters is 1. The number of aromatic nitrogens is 2. The molecule has 0 saturated carbocycles. The van der Waals surface area contributed by atoms with Crippen LogP contribution >= 0.6 is 35.0 Å². The molecule has 156 valence electrons. The van der Waals surface area contributed by atoms with E-state index in [-0.39, 0.29) is 12.7 Å². The molecule has 0 bridgehead atoms. The number of ether oxygens (including phenoxy) is 2. The van der Waals surface area contributed by atoms with Gasteiger partial charge in [0.1, 0.15) is 11.1 Å². The Bertz CT molecular complexity index is 875. The van der Waals surface area contributed by atoms with Gasteiger partial charge in [0.15, 0.2) is 0 Å². The second kappa shape index (κ2) is 9.98. The summed E-state index contributed by atoms with van der Waals surface area (Å²) in [5.41, 5.74) is 8.88. The first-order valence-electron chi connectivity index (χ1n) is 9.35. The maximum atomic E-state index is 11.9. The van der Waals surface area contributed by atoms with E-state index in [9.17, 15) is 4.79 Å². The number of carbonyl (C=O) groups is 1. The van der Waals surface area contributed by atoms with Crippen molar-refractivity contribution in [3.8, 4) is 5.88 Å². The average molecular weight is 456 g/mol. The molecule has 2 N–H and O–H groups in total. The van der Waals surface area contributed by atoms with Gasteiger partial charge in [-0.05, 0) is 36.8 Å². The fourth-order valence-corrected chi connectivity index (χ4v) is 4.58. The van der Waals surface area contributed by atoms with Gasteiger partial charge in [-0.2, -0.15) is 0 Å². The van der Waals surface area contributed by atoms with E-state index in [0.717, 1.165) is 35.4 Å². The number of halogens is 2. The number of thioether (sulfide) groups is 1. The predicted molar refractivity (Wildman–Crippen MR) is 114 cm³/mol. The summed E-state index contributed by atoms with van der Waals surface area (Å²) in [4.78, 5) is 20.5. The molecule has 2 aromatic rings. The number of rotatable bonds is 8. The van der Waals surface area contributed by atoms with Gasteiger partial charge < -0.3 is 15.2 Å². The number of pyridine rings is 2. The molecule has 2 aromatic heterocycles. The zero-order valence-electron chi connectivity index (χ0n) is 16.3. The Morgan fingerprint density at radius 3 is 2.69 bits per heavy atom. The number of hydrogen-bond donors (Lipinski definition) is 1. The maximum Gasteiger partial charge on any atom is 0.326 e. The third-order valence-electron chi connectivity index (χ3n) is 4.73. The molecule has 1 unspecified atom stereocenters. The zero-order chi connectivity index (χ0) is 21.0. The highest BCUT2D eigenvalue weighted by Crippen LogP contribution is 2.35. The summed E-state index contributed by atoms with van der Waals surface area (Å²) in [5.74, 6) is 0.574. The molecule has 6 nitrogen and oxygen atoms in total. The van der Waals surface area contributed by atoms with E-state index in [1.807, 2.05) is 13.8 Å². The Hall–Kier alpha value is -1.54. The fourth-order valence-electron chi connectivity index (χ4n) is 2.95.